The molecule has 1 amide bonds. The van der Waals surface area contributed by atoms with Gasteiger partial charge in [0.05, 0.1) is 10.6 Å². The van der Waals surface area contributed by atoms with E-state index < -0.39 is 0 Å². The summed E-state index contributed by atoms with van der Waals surface area (Å²) in [6.45, 7) is 0.657. The summed E-state index contributed by atoms with van der Waals surface area (Å²) < 4.78 is 0. The van der Waals surface area contributed by atoms with Crippen molar-refractivity contribution in [1.29, 1.82) is 0 Å². The SMILES string of the molecule is CN(CCCc1ccccc1)C(=O)c1cc(Cl)ncc1Cl. The van der Waals surface area contributed by atoms with E-state index in [0.29, 0.717) is 17.1 Å². The second-order valence-corrected chi connectivity index (χ2v) is 5.60. The summed E-state index contributed by atoms with van der Waals surface area (Å²) in [4.78, 5) is 17.8. The lowest BCUT2D eigenvalue weighted by atomic mass is 10.1. The number of amides is 1. The maximum absolute atomic E-state index is 12.3. The average Bonchev–Trinajstić information content (AvgIpc) is 2.50. The minimum atomic E-state index is -0.141. The molecule has 0 radical (unpaired) electrons. The monoisotopic (exact) mass is 322 g/mol. The van der Waals surface area contributed by atoms with Gasteiger partial charge in [0.1, 0.15) is 5.15 Å². The maximum Gasteiger partial charge on any atom is 0.255 e. The summed E-state index contributed by atoms with van der Waals surface area (Å²) in [6.07, 6.45) is 3.22. The van der Waals surface area contributed by atoms with Crippen LogP contribution in [-0.4, -0.2) is 29.4 Å². The van der Waals surface area contributed by atoms with E-state index in [2.05, 4.69) is 17.1 Å². The summed E-state index contributed by atoms with van der Waals surface area (Å²) in [7, 11) is 1.76. The fourth-order valence-electron chi connectivity index (χ4n) is 2.05. The van der Waals surface area contributed by atoms with Gasteiger partial charge in [0.15, 0.2) is 0 Å². The van der Waals surface area contributed by atoms with Crippen molar-refractivity contribution in [2.24, 2.45) is 0 Å². The molecule has 0 saturated carbocycles. The second kappa shape index (κ2) is 7.43. The van der Waals surface area contributed by atoms with Crippen molar-refractivity contribution in [3.05, 3.63) is 63.9 Å². The third kappa shape index (κ3) is 4.45. The Balaban J connectivity index is 1.92. The van der Waals surface area contributed by atoms with Crippen molar-refractivity contribution in [2.75, 3.05) is 13.6 Å². The third-order valence-electron chi connectivity index (χ3n) is 3.20. The van der Waals surface area contributed by atoms with E-state index in [4.69, 9.17) is 23.2 Å². The zero-order valence-electron chi connectivity index (χ0n) is 11.7. The molecule has 0 saturated heterocycles. The van der Waals surface area contributed by atoms with Gasteiger partial charge in [-0.2, -0.15) is 0 Å². The maximum atomic E-state index is 12.3. The molecule has 0 fully saturated rings. The molecule has 0 atom stereocenters. The number of carbonyl (C=O) groups is 1. The van der Waals surface area contributed by atoms with Gasteiger partial charge in [-0.1, -0.05) is 53.5 Å². The highest BCUT2D eigenvalue weighted by atomic mass is 35.5. The zero-order chi connectivity index (χ0) is 15.2. The normalized spacial score (nSPS) is 10.4. The van der Waals surface area contributed by atoms with Crippen LogP contribution in [0.5, 0.6) is 0 Å². The number of benzene rings is 1. The van der Waals surface area contributed by atoms with Gasteiger partial charge in [0.25, 0.3) is 5.91 Å². The van der Waals surface area contributed by atoms with Crippen LogP contribution in [0.2, 0.25) is 10.2 Å². The lowest BCUT2D eigenvalue weighted by Gasteiger charge is -2.17. The molecule has 0 N–H and O–H groups in total. The fourth-order valence-corrected chi connectivity index (χ4v) is 2.39. The molecule has 0 spiro atoms. The van der Waals surface area contributed by atoms with Crippen molar-refractivity contribution in [1.82, 2.24) is 9.88 Å². The molecule has 0 aliphatic carbocycles. The van der Waals surface area contributed by atoms with Gasteiger partial charge in [0.2, 0.25) is 0 Å². The molecular weight excluding hydrogens is 307 g/mol. The van der Waals surface area contributed by atoms with Crippen molar-refractivity contribution >= 4 is 29.1 Å². The van der Waals surface area contributed by atoms with Crippen LogP contribution >= 0.6 is 23.2 Å². The predicted octanol–water partition coefficient (Wildman–Crippen LogP) is 4.09. The summed E-state index contributed by atoms with van der Waals surface area (Å²) in [5, 5.41) is 0.583. The van der Waals surface area contributed by atoms with E-state index >= 15 is 0 Å². The molecule has 2 rings (SSSR count). The molecule has 0 aliphatic heterocycles. The summed E-state index contributed by atoms with van der Waals surface area (Å²) in [5.74, 6) is -0.141. The average molecular weight is 323 g/mol. The standard InChI is InChI=1S/C16H16Cl2N2O/c1-20(9-5-8-12-6-3-2-4-7-12)16(21)13-10-15(18)19-11-14(13)17/h2-4,6-7,10-11H,5,8-9H2,1H3. The summed E-state index contributed by atoms with van der Waals surface area (Å²) in [5.41, 5.74) is 1.65. The molecule has 0 aliphatic rings. The number of hydrogen-bond donors (Lipinski definition) is 0. The quantitative estimate of drug-likeness (QED) is 0.777. The van der Waals surface area contributed by atoms with Crippen LogP contribution in [0, 0.1) is 0 Å². The molecule has 5 heteroatoms. The van der Waals surface area contributed by atoms with Gasteiger partial charge < -0.3 is 4.90 Å². The second-order valence-electron chi connectivity index (χ2n) is 4.80. The van der Waals surface area contributed by atoms with Crippen molar-refractivity contribution in [3.8, 4) is 0 Å². The number of nitrogens with zero attached hydrogens (tertiary/aromatic N) is 2. The Bertz CT molecular complexity index is 617. The van der Waals surface area contributed by atoms with Crippen LogP contribution in [0.3, 0.4) is 0 Å². The number of halogens is 2. The van der Waals surface area contributed by atoms with E-state index in [1.54, 1.807) is 11.9 Å². The fraction of sp³-hybridized carbons (Fsp3) is 0.250. The van der Waals surface area contributed by atoms with Gasteiger partial charge in [-0.25, -0.2) is 4.98 Å². The van der Waals surface area contributed by atoms with Gasteiger partial charge in [0, 0.05) is 19.8 Å². The highest BCUT2D eigenvalue weighted by molar-refractivity contribution is 6.35. The van der Waals surface area contributed by atoms with Crippen molar-refractivity contribution in [2.45, 2.75) is 12.8 Å². The predicted molar refractivity (Wildman–Crippen MR) is 86.0 cm³/mol. The Morgan fingerprint density at radius 3 is 2.67 bits per heavy atom. The largest absolute Gasteiger partial charge is 0.342 e. The Morgan fingerprint density at radius 2 is 1.95 bits per heavy atom. The number of hydrogen-bond acceptors (Lipinski definition) is 2. The van der Waals surface area contributed by atoms with Crippen LogP contribution < -0.4 is 0 Å². The Labute approximate surface area is 134 Å². The highest BCUT2D eigenvalue weighted by Crippen LogP contribution is 2.19. The molecule has 0 bridgehead atoms. The van der Waals surface area contributed by atoms with Crippen LogP contribution in [0.4, 0.5) is 0 Å². The number of pyridine rings is 1. The van der Waals surface area contributed by atoms with Crippen LogP contribution in [0.1, 0.15) is 22.3 Å². The molecule has 2 aromatic rings. The van der Waals surface area contributed by atoms with E-state index in [1.807, 2.05) is 18.2 Å². The van der Waals surface area contributed by atoms with Crippen LogP contribution in [-0.2, 0) is 6.42 Å². The minimum absolute atomic E-state index is 0.141. The Morgan fingerprint density at radius 1 is 1.24 bits per heavy atom. The first-order chi connectivity index (χ1) is 10.1. The molecule has 110 valence electrons. The van der Waals surface area contributed by atoms with E-state index in [1.165, 1.54) is 17.8 Å². The van der Waals surface area contributed by atoms with E-state index in [0.717, 1.165) is 12.8 Å². The van der Waals surface area contributed by atoms with Gasteiger partial charge in [-0.15, -0.1) is 0 Å². The summed E-state index contributed by atoms with van der Waals surface area (Å²) in [6, 6.07) is 11.7. The molecule has 1 heterocycles. The van der Waals surface area contributed by atoms with Crippen molar-refractivity contribution in [3.63, 3.8) is 0 Å². The van der Waals surface area contributed by atoms with Crippen LogP contribution in [0.25, 0.3) is 0 Å². The molecule has 21 heavy (non-hydrogen) atoms. The Kier molecular flexibility index (Phi) is 5.59. The zero-order valence-corrected chi connectivity index (χ0v) is 13.2. The molecule has 1 aromatic carbocycles. The van der Waals surface area contributed by atoms with Gasteiger partial charge in [-0.3, -0.25) is 4.79 Å². The van der Waals surface area contributed by atoms with Gasteiger partial charge in [-0.05, 0) is 24.5 Å². The first kappa shape index (κ1) is 15.8. The van der Waals surface area contributed by atoms with E-state index in [-0.39, 0.29) is 11.1 Å². The molecular formula is C16H16Cl2N2O. The number of carbonyl (C=O) groups excluding carboxylic acids is 1. The lowest BCUT2D eigenvalue weighted by molar-refractivity contribution is 0.0793. The number of rotatable bonds is 5. The van der Waals surface area contributed by atoms with Gasteiger partial charge >= 0.3 is 0 Å². The third-order valence-corrected chi connectivity index (χ3v) is 3.71. The Hall–Kier alpha value is -1.58. The smallest absolute Gasteiger partial charge is 0.255 e. The minimum Gasteiger partial charge on any atom is -0.342 e. The van der Waals surface area contributed by atoms with Crippen molar-refractivity contribution < 1.29 is 4.79 Å². The molecule has 3 nitrogen and oxygen atoms in total. The number of aromatic nitrogens is 1. The lowest BCUT2D eigenvalue weighted by Crippen LogP contribution is -2.28. The number of aryl methyl sites for hydroxylation is 1. The van der Waals surface area contributed by atoms with E-state index in [9.17, 15) is 4.79 Å². The first-order valence-electron chi connectivity index (χ1n) is 6.68. The molecule has 1 aromatic heterocycles. The van der Waals surface area contributed by atoms with Crippen LogP contribution in [0.15, 0.2) is 42.6 Å². The highest BCUT2D eigenvalue weighted by Gasteiger charge is 2.15. The first-order valence-corrected chi connectivity index (χ1v) is 7.44. The summed E-state index contributed by atoms with van der Waals surface area (Å²) >= 11 is 11.8. The topological polar surface area (TPSA) is 33.2 Å². The molecule has 0 unspecified atom stereocenters.